The topological polar surface area (TPSA) is 108 Å². The van der Waals surface area contributed by atoms with Gasteiger partial charge < -0.3 is 20.1 Å². The number of amides is 1. The second-order valence-corrected chi connectivity index (χ2v) is 11.4. The Balaban J connectivity index is 1.58. The van der Waals surface area contributed by atoms with E-state index in [1.165, 1.54) is 0 Å². The molecule has 0 aliphatic carbocycles. The maximum atomic E-state index is 13.0. The largest absolute Gasteiger partial charge is 0.444 e. The zero-order valence-corrected chi connectivity index (χ0v) is 23.5. The number of hydrogen-bond donors (Lipinski definition) is 1. The molecule has 2 saturated heterocycles. The first-order chi connectivity index (χ1) is 18.6. The summed E-state index contributed by atoms with van der Waals surface area (Å²) in [5, 5.41) is 6.33. The van der Waals surface area contributed by atoms with Gasteiger partial charge >= 0.3 is 6.09 Å². The summed E-state index contributed by atoms with van der Waals surface area (Å²) in [4.78, 5) is 24.6. The van der Waals surface area contributed by atoms with E-state index < -0.39 is 5.60 Å². The molecule has 0 bridgehead atoms. The van der Waals surface area contributed by atoms with Crippen LogP contribution in [0.3, 0.4) is 0 Å². The number of ether oxygens (including phenoxy) is 2. The van der Waals surface area contributed by atoms with Gasteiger partial charge in [-0.2, -0.15) is 5.10 Å². The van der Waals surface area contributed by atoms with Crippen LogP contribution in [0.5, 0.6) is 0 Å². The first-order valence-electron chi connectivity index (χ1n) is 13.6. The number of benzene rings is 1. The predicted molar refractivity (Wildman–Crippen MR) is 153 cm³/mol. The van der Waals surface area contributed by atoms with Gasteiger partial charge in [0.2, 0.25) is 0 Å². The molecule has 0 unspecified atom stereocenters. The van der Waals surface area contributed by atoms with Crippen LogP contribution in [0.25, 0.3) is 27.7 Å². The Hall–Kier alpha value is -3.72. The number of aliphatic imine (C=N–C) groups is 1. The number of rotatable bonds is 3. The summed E-state index contributed by atoms with van der Waals surface area (Å²) in [6.07, 6.45) is 7.72. The molecular formula is C30H38N6O3. The van der Waals surface area contributed by atoms with Crippen molar-refractivity contribution < 1.29 is 14.3 Å². The van der Waals surface area contributed by atoms with Crippen LogP contribution in [-0.2, 0) is 16.5 Å². The molecule has 0 atom stereocenters. The van der Waals surface area contributed by atoms with Crippen LogP contribution in [0.4, 0.5) is 4.79 Å². The minimum atomic E-state index is -0.576. The van der Waals surface area contributed by atoms with Crippen LogP contribution >= 0.6 is 0 Å². The number of carbonyl (C=O) groups is 1. The van der Waals surface area contributed by atoms with Crippen molar-refractivity contribution in [3.05, 3.63) is 53.5 Å². The third-order valence-corrected chi connectivity index (χ3v) is 7.23. The van der Waals surface area contributed by atoms with Crippen LogP contribution in [0.1, 0.15) is 51.2 Å². The normalized spacial score (nSPS) is 19.5. The van der Waals surface area contributed by atoms with Crippen molar-refractivity contribution in [3.63, 3.8) is 0 Å². The summed E-state index contributed by atoms with van der Waals surface area (Å²) in [5.74, 6) is 0. The number of piperidine rings is 1. The standard InChI is InChI=1S/C30H38N6O3/c1-19-6-7-22(24-16-32-27(14-23(19)24)20-15-33-35(5)17-20)28(31)25-18-36(29(37)39-30(2,3)4)11-8-26(25)34-21-9-12-38-13-10-21/h6-7,14-17,21H,8-13,18,31H2,1-5H3. The van der Waals surface area contributed by atoms with Gasteiger partial charge in [0.05, 0.1) is 24.5 Å². The summed E-state index contributed by atoms with van der Waals surface area (Å²) in [5.41, 5.74) is 12.7. The van der Waals surface area contributed by atoms with Crippen molar-refractivity contribution in [3.8, 4) is 11.3 Å². The highest BCUT2D eigenvalue weighted by molar-refractivity contribution is 6.10. The molecule has 0 saturated carbocycles. The van der Waals surface area contributed by atoms with Crippen LogP contribution in [0.15, 0.2) is 47.4 Å². The van der Waals surface area contributed by atoms with Gasteiger partial charge in [-0.3, -0.25) is 14.7 Å². The molecule has 0 radical (unpaired) electrons. The number of hydrogen-bond acceptors (Lipinski definition) is 7. The molecule has 4 heterocycles. The number of aryl methyl sites for hydroxylation is 2. The number of pyridine rings is 1. The lowest BCUT2D eigenvalue weighted by Gasteiger charge is -2.33. The van der Waals surface area contributed by atoms with Crippen molar-refractivity contribution in [2.75, 3.05) is 26.3 Å². The SMILES string of the molecule is Cc1ccc(C(N)=C2CN(C(=O)OC(C)(C)C)CCC2=NC2CCOCC2)c2cnc(-c3cnn(C)c3)cc12. The van der Waals surface area contributed by atoms with Crippen LogP contribution in [0, 0.1) is 6.92 Å². The van der Waals surface area contributed by atoms with Gasteiger partial charge in [0.15, 0.2) is 0 Å². The molecule has 1 aromatic carbocycles. The summed E-state index contributed by atoms with van der Waals surface area (Å²) < 4.78 is 13.0. The first kappa shape index (κ1) is 26.9. The minimum Gasteiger partial charge on any atom is -0.444 e. The Kier molecular flexibility index (Phi) is 7.44. The van der Waals surface area contributed by atoms with Crippen LogP contribution in [-0.4, -0.2) is 69.4 Å². The predicted octanol–water partition coefficient (Wildman–Crippen LogP) is 4.87. The quantitative estimate of drug-likeness (QED) is 0.517. The molecule has 2 N–H and O–H groups in total. The van der Waals surface area contributed by atoms with E-state index in [0.717, 1.165) is 57.3 Å². The number of fused-ring (bicyclic) bond motifs is 1. The Morgan fingerprint density at radius 2 is 1.95 bits per heavy atom. The van der Waals surface area contributed by atoms with E-state index >= 15 is 0 Å². The summed E-state index contributed by atoms with van der Waals surface area (Å²) in [7, 11) is 1.89. The molecule has 206 valence electrons. The molecule has 2 aliphatic rings. The van der Waals surface area contributed by atoms with Gasteiger partial charge in [0, 0.05) is 79.1 Å². The third kappa shape index (κ3) is 5.98. The Morgan fingerprint density at radius 3 is 2.64 bits per heavy atom. The second-order valence-electron chi connectivity index (χ2n) is 11.4. The molecule has 9 nitrogen and oxygen atoms in total. The van der Waals surface area contributed by atoms with E-state index in [2.05, 4.69) is 24.2 Å². The number of carbonyl (C=O) groups excluding carboxylic acids is 1. The van der Waals surface area contributed by atoms with Crippen molar-refractivity contribution in [1.29, 1.82) is 0 Å². The van der Waals surface area contributed by atoms with Crippen molar-refractivity contribution in [2.45, 2.75) is 58.6 Å². The summed E-state index contributed by atoms with van der Waals surface area (Å²) in [6.45, 7) is 10.0. The number of nitrogens with zero attached hydrogens (tertiary/aromatic N) is 5. The molecule has 2 aliphatic heterocycles. The van der Waals surface area contributed by atoms with Gasteiger partial charge in [0.1, 0.15) is 5.60 Å². The highest BCUT2D eigenvalue weighted by Gasteiger charge is 2.30. The average Bonchev–Trinajstić information content (AvgIpc) is 3.34. The van der Waals surface area contributed by atoms with Gasteiger partial charge in [-0.1, -0.05) is 12.1 Å². The molecule has 1 amide bonds. The molecule has 9 heteroatoms. The van der Waals surface area contributed by atoms with E-state index in [9.17, 15) is 4.79 Å². The lowest BCUT2D eigenvalue weighted by atomic mass is 9.92. The maximum Gasteiger partial charge on any atom is 0.410 e. The maximum absolute atomic E-state index is 13.0. The molecule has 2 aromatic heterocycles. The molecular weight excluding hydrogens is 492 g/mol. The van der Waals surface area contributed by atoms with Gasteiger partial charge in [-0.25, -0.2) is 4.79 Å². The lowest BCUT2D eigenvalue weighted by molar-refractivity contribution is 0.0267. The fourth-order valence-corrected chi connectivity index (χ4v) is 5.15. The van der Waals surface area contributed by atoms with Crippen LogP contribution in [0.2, 0.25) is 0 Å². The molecule has 5 rings (SSSR count). The Bertz CT molecular complexity index is 1440. The van der Waals surface area contributed by atoms with Gasteiger partial charge in [-0.15, -0.1) is 0 Å². The second kappa shape index (κ2) is 10.8. The van der Waals surface area contributed by atoms with E-state index in [0.29, 0.717) is 38.4 Å². The van der Waals surface area contributed by atoms with E-state index in [-0.39, 0.29) is 12.1 Å². The molecule has 39 heavy (non-hydrogen) atoms. The number of nitrogens with two attached hydrogens (primary N) is 1. The highest BCUT2D eigenvalue weighted by Crippen LogP contribution is 2.32. The molecule has 3 aromatic rings. The van der Waals surface area contributed by atoms with Gasteiger partial charge in [0.25, 0.3) is 0 Å². The van der Waals surface area contributed by atoms with Crippen molar-refractivity contribution >= 4 is 28.3 Å². The number of aromatic nitrogens is 3. The first-order valence-corrected chi connectivity index (χ1v) is 13.6. The average molecular weight is 531 g/mol. The molecule has 0 spiro atoms. The number of likely N-dealkylation sites (tertiary alicyclic amines) is 1. The summed E-state index contributed by atoms with van der Waals surface area (Å²) >= 11 is 0. The molecule has 2 fully saturated rings. The Morgan fingerprint density at radius 1 is 1.18 bits per heavy atom. The van der Waals surface area contributed by atoms with E-state index in [4.69, 9.17) is 25.2 Å². The Labute approximate surface area is 229 Å². The van der Waals surface area contributed by atoms with Gasteiger partial charge in [-0.05, 0) is 57.6 Å². The zero-order valence-electron chi connectivity index (χ0n) is 23.5. The fourth-order valence-electron chi connectivity index (χ4n) is 5.15. The zero-order chi connectivity index (χ0) is 27.7. The lowest BCUT2D eigenvalue weighted by Crippen LogP contribution is -2.44. The minimum absolute atomic E-state index is 0.197. The fraction of sp³-hybridized carbons (Fsp3) is 0.467. The smallest absolute Gasteiger partial charge is 0.410 e. The highest BCUT2D eigenvalue weighted by atomic mass is 16.6. The van der Waals surface area contributed by atoms with E-state index in [1.807, 2.05) is 52.5 Å². The third-order valence-electron chi connectivity index (χ3n) is 7.23. The van der Waals surface area contributed by atoms with Crippen molar-refractivity contribution in [1.82, 2.24) is 19.7 Å². The monoisotopic (exact) mass is 530 g/mol. The van der Waals surface area contributed by atoms with E-state index in [1.54, 1.807) is 9.58 Å². The van der Waals surface area contributed by atoms with Crippen molar-refractivity contribution in [2.24, 2.45) is 17.8 Å². The summed E-state index contributed by atoms with van der Waals surface area (Å²) in [6, 6.07) is 6.42. The van der Waals surface area contributed by atoms with Crippen LogP contribution < -0.4 is 5.73 Å².